The number of nitrogens with two attached hydrogens (primary N) is 1. The van der Waals surface area contributed by atoms with Gasteiger partial charge in [-0.15, -0.1) is 0 Å². The van der Waals surface area contributed by atoms with E-state index < -0.39 is 59.5 Å². The molecule has 1 rings (SSSR count). The third kappa shape index (κ3) is 5.92. The highest BCUT2D eigenvalue weighted by Gasteiger charge is 2.42. The van der Waals surface area contributed by atoms with Gasteiger partial charge in [0.05, 0.1) is 19.8 Å². The number of primary amides is 1. The Bertz CT molecular complexity index is 780. The number of hydrogen-bond donors (Lipinski definition) is 3. The molecule has 3 atom stereocenters. The zero-order chi connectivity index (χ0) is 23.2. The Kier molecular flexibility index (Phi) is 8.34. The average Bonchev–Trinajstić information content (AvgIpc) is 2.69. The Hall–Kier alpha value is -3.15. The smallest absolute Gasteiger partial charge is 0.416 e. The predicted octanol–water partition coefficient (Wildman–Crippen LogP) is 0.307. The number of rotatable bonds is 8. The van der Waals surface area contributed by atoms with Crippen molar-refractivity contribution in [2.24, 2.45) is 17.6 Å². The number of halogens is 3. The molecule has 0 saturated heterocycles. The summed E-state index contributed by atoms with van der Waals surface area (Å²) in [5.74, 6) is -7.24. The predicted molar refractivity (Wildman–Crippen MR) is 94.2 cm³/mol. The van der Waals surface area contributed by atoms with Gasteiger partial charge in [0.1, 0.15) is 6.04 Å². The standard InChI is InChI=1S/C18H21F3N2O7/c1-8(11(16(27)29-2)17(28)30-3)12(14(22)25)23-15(26)13(24)9-4-6-10(7-5-9)18(19,20)21/h4-8,11-13,24H,1-3H3,(H2,22,25)(H,23,26)/t8-,12-,13+/m0/s1. The first-order valence-electron chi connectivity index (χ1n) is 8.45. The summed E-state index contributed by atoms with van der Waals surface area (Å²) in [6, 6.07) is 1.52. The number of ether oxygens (including phenoxy) is 2. The maximum atomic E-state index is 12.6. The van der Waals surface area contributed by atoms with E-state index in [1.54, 1.807) is 0 Å². The molecule has 0 spiro atoms. The molecule has 1 aromatic carbocycles. The van der Waals surface area contributed by atoms with Crippen molar-refractivity contribution >= 4 is 23.8 Å². The van der Waals surface area contributed by atoms with E-state index in [2.05, 4.69) is 14.8 Å². The Balaban J connectivity index is 3.06. The van der Waals surface area contributed by atoms with Crippen LogP contribution in [0.3, 0.4) is 0 Å². The molecule has 2 amide bonds. The molecule has 166 valence electrons. The monoisotopic (exact) mass is 434 g/mol. The minimum Gasteiger partial charge on any atom is -0.468 e. The van der Waals surface area contributed by atoms with E-state index in [1.165, 1.54) is 6.92 Å². The van der Waals surface area contributed by atoms with Crippen molar-refractivity contribution in [1.29, 1.82) is 0 Å². The van der Waals surface area contributed by atoms with Crippen molar-refractivity contribution in [3.8, 4) is 0 Å². The van der Waals surface area contributed by atoms with Crippen LogP contribution in [-0.4, -0.2) is 49.1 Å². The third-order valence-corrected chi connectivity index (χ3v) is 4.37. The van der Waals surface area contributed by atoms with Crippen LogP contribution in [-0.2, 0) is 34.8 Å². The highest BCUT2D eigenvalue weighted by atomic mass is 19.4. The zero-order valence-electron chi connectivity index (χ0n) is 16.2. The number of carbonyl (C=O) groups excluding carboxylic acids is 4. The van der Waals surface area contributed by atoms with Gasteiger partial charge in [0, 0.05) is 5.92 Å². The first kappa shape index (κ1) is 24.9. The Labute approximate surface area is 169 Å². The first-order chi connectivity index (χ1) is 13.8. The number of esters is 2. The first-order valence-corrected chi connectivity index (χ1v) is 8.45. The molecule has 0 heterocycles. The maximum absolute atomic E-state index is 12.6. The van der Waals surface area contributed by atoms with Crippen LogP contribution in [0.15, 0.2) is 24.3 Å². The second kappa shape index (κ2) is 10.1. The fraction of sp³-hybridized carbons (Fsp3) is 0.444. The second-order valence-electron chi connectivity index (χ2n) is 6.29. The van der Waals surface area contributed by atoms with Crippen LogP contribution in [0, 0.1) is 11.8 Å². The van der Waals surface area contributed by atoms with E-state index in [0.717, 1.165) is 26.4 Å². The second-order valence-corrected chi connectivity index (χ2v) is 6.29. The zero-order valence-corrected chi connectivity index (χ0v) is 16.2. The number of aliphatic hydroxyl groups is 1. The molecule has 0 bridgehead atoms. The van der Waals surface area contributed by atoms with Crippen LogP contribution in [0.2, 0.25) is 0 Å². The quantitative estimate of drug-likeness (QED) is 0.394. The van der Waals surface area contributed by atoms with E-state index in [-0.39, 0.29) is 5.56 Å². The van der Waals surface area contributed by atoms with Crippen molar-refractivity contribution in [2.75, 3.05) is 14.2 Å². The summed E-state index contributed by atoms with van der Waals surface area (Å²) in [7, 11) is 1.99. The van der Waals surface area contributed by atoms with Crippen molar-refractivity contribution in [3.63, 3.8) is 0 Å². The van der Waals surface area contributed by atoms with Gasteiger partial charge in [-0.2, -0.15) is 13.2 Å². The summed E-state index contributed by atoms with van der Waals surface area (Å²) < 4.78 is 46.9. The molecule has 0 aliphatic rings. The van der Waals surface area contributed by atoms with Gasteiger partial charge in [0.25, 0.3) is 5.91 Å². The largest absolute Gasteiger partial charge is 0.468 e. The molecule has 12 heteroatoms. The molecule has 0 fully saturated rings. The lowest BCUT2D eigenvalue weighted by molar-refractivity contribution is -0.162. The molecule has 0 saturated carbocycles. The van der Waals surface area contributed by atoms with E-state index in [0.29, 0.717) is 12.1 Å². The lowest BCUT2D eigenvalue weighted by atomic mass is 9.86. The molecule has 0 aliphatic carbocycles. The number of benzene rings is 1. The number of nitrogens with one attached hydrogen (secondary N) is 1. The van der Waals surface area contributed by atoms with Crippen LogP contribution >= 0.6 is 0 Å². The number of methoxy groups -OCH3 is 2. The Morgan fingerprint density at radius 3 is 1.87 bits per heavy atom. The van der Waals surface area contributed by atoms with Crippen molar-refractivity contribution < 1.29 is 46.9 Å². The van der Waals surface area contributed by atoms with E-state index >= 15 is 0 Å². The number of amides is 2. The van der Waals surface area contributed by atoms with Gasteiger partial charge < -0.3 is 25.6 Å². The fourth-order valence-electron chi connectivity index (χ4n) is 2.67. The minimum absolute atomic E-state index is 0.186. The molecule has 9 nitrogen and oxygen atoms in total. The lowest BCUT2D eigenvalue weighted by Gasteiger charge is -2.27. The van der Waals surface area contributed by atoms with Gasteiger partial charge >= 0.3 is 18.1 Å². The van der Waals surface area contributed by atoms with E-state index in [1.807, 2.05) is 0 Å². The number of hydrogen-bond acceptors (Lipinski definition) is 7. The van der Waals surface area contributed by atoms with Gasteiger partial charge in [-0.3, -0.25) is 19.2 Å². The summed E-state index contributed by atoms with van der Waals surface area (Å²) in [5.41, 5.74) is 4.08. The molecule has 0 aromatic heterocycles. The van der Waals surface area contributed by atoms with E-state index in [4.69, 9.17) is 5.73 Å². The topological polar surface area (TPSA) is 145 Å². The van der Waals surface area contributed by atoms with Gasteiger partial charge in [-0.1, -0.05) is 19.1 Å². The molecule has 30 heavy (non-hydrogen) atoms. The molecular formula is C18H21F3N2O7. The maximum Gasteiger partial charge on any atom is 0.416 e. The molecule has 0 radical (unpaired) electrons. The number of alkyl halides is 3. The van der Waals surface area contributed by atoms with Gasteiger partial charge in [0.2, 0.25) is 5.91 Å². The van der Waals surface area contributed by atoms with Crippen LogP contribution < -0.4 is 11.1 Å². The molecular weight excluding hydrogens is 413 g/mol. The van der Waals surface area contributed by atoms with Crippen molar-refractivity contribution in [1.82, 2.24) is 5.32 Å². The summed E-state index contributed by atoms with van der Waals surface area (Å²) in [6.07, 6.45) is -6.55. The molecule has 0 unspecified atom stereocenters. The number of aliphatic hydroxyl groups excluding tert-OH is 1. The van der Waals surface area contributed by atoms with Gasteiger partial charge in [0.15, 0.2) is 12.0 Å². The summed E-state index contributed by atoms with van der Waals surface area (Å²) in [5, 5.41) is 12.2. The minimum atomic E-state index is -4.60. The normalized spacial score (nSPS) is 14.4. The highest BCUT2D eigenvalue weighted by molar-refractivity contribution is 5.97. The average molecular weight is 434 g/mol. The van der Waals surface area contributed by atoms with Crippen molar-refractivity contribution in [3.05, 3.63) is 35.4 Å². The highest BCUT2D eigenvalue weighted by Crippen LogP contribution is 2.30. The van der Waals surface area contributed by atoms with Crippen LogP contribution in [0.1, 0.15) is 24.2 Å². The fourth-order valence-corrected chi connectivity index (χ4v) is 2.67. The van der Waals surface area contributed by atoms with Crippen molar-refractivity contribution in [2.45, 2.75) is 25.2 Å². The Morgan fingerprint density at radius 1 is 1.03 bits per heavy atom. The van der Waals surface area contributed by atoms with Gasteiger partial charge in [-0.05, 0) is 17.7 Å². The molecule has 1 aromatic rings. The summed E-state index contributed by atoms with van der Waals surface area (Å²) >= 11 is 0. The molecule has 0 aliphatic heterocycles. The SMILES string of the molecule is COC(=O)C(C(=O)OC)[C@H](C)[C@H](NC(=O)[C@H](O)c1ccc(C(F)(F)F)cc1)C(N)=O. The van der Waals surface area contributed by atoms with E-state index in [9.17, 15) is 37.5 Å². The summed E-state index contributed by atoms with van der Waals surface area (Å²) in [4.78, 5) is 47.9. The van der Waals surface area contributed by atoms with Crippen LogP contribution in [0.5, 0.6) is 0 Å². The lowest BCUT2D eigenvalue weighted by Crippen LogP contribution is -2.53. The van der Waals surface area contributed by atoms with Gasteiger partial charge in [-0.25, -0.2) is 0 Å². The Morgan fingerprint density at radius 2 is 1.50 bits per heavy atom. The third-order valence-electron chi connectivity index (χ3n) is 4.37. The molecule has 4 N–H and O–H groups in total. The summed E-state index contributed by atoms with van der Waals surface area (Å²) in [6.45, 7) is 1.25. The van der Waals surface area contributed by atoms with Crippen LogP contribution in [0.4, 0.5) is 13.2 Å². The number of carbonyl (C=O) groups is 4. The van der Waals surface area contributed by atoms with Crippen LogP contribution in [0.25, 0.3) is 0 Å².